The Bertz CT molecular complexity index is 773. The normalized spacial score (nSPS) is 11.9. The van der Waals surface area contributed by atoms with E-state index in [1.165, 1.54) is 24.5 Å². The van der Waals surface area contributed by atoms with Crippen LogP contribution in [0.2, 0.25) is 0 Å². The predicted octanol–water partition coefficient (Wildman–Crippen LogP) is 4.12. The zero-order chi connectivity index (χ0) is 17.9. The molecule has 1 heterocycles. The standard InChI is InChI=1S/C17H19F3N2O2/c1-12(2)5-3-8-15(23)22-10-9-21(16(22)24)14-7-4-6-13(11-14)17(18,19)20/h4,6-7,9-12H,3,5,8H2,1-2H3. The van der Waals surface area contributed by atoms with Gasteiger partial charge in [0, 0.05) is 18.8 Å². The van der Waals surface area contributed by atoms with Crippen LogP contribution >= 0.6 is 0 Å². The van der Waals surface area contributed by atoms with E-state index in [1.807, 2.05) is 13.8 Å². The number of halogens is 3. The second kappa shape index (κ2) is 7.07. The molecule has 1 aromatic carbocycles. The SMILES string of the molecule is CC(C)CCCC(=O)n1ccn(-c2cccc(C(F)(F)F)c2)c1=O. The van der Waals surface area contributed by atoms with Crippen LogP contribution in [0.3, 0.4) is 0 Å². The van der Waals surface area contributed by atoms with E-state index in [-0.39, 0.29) is 18.0 Å². The molecule has 0 saturated carbocycles. The lowest BCUT2D eigenvalue weighted by atomic mass is 10.1. The van der Waals surface area contributed by atoms with Crippen molar-refractivity contribution < 1.29 is 18.0 Å². The highest BCUT2D eigenvalue weighted by atomic mass is 19.4. The van der Waals surface area contributed by atoms with Crippen LogP contribution < -0.4 is 5.69 Å². The van der Waals surface area contributed by atoms with Crippen LogP contribution in [-0.4, -0.2) is 15.0 Å². The Labute approximate surface area is 137 Å². The molecule has 0 aliphatic heterocycles. The van der Waals surface area contributed by atoms with E-state index in [9.17, 15) is 22.8 Å². The fourth-order valence-corrected chi connectivity index (χ4v) is 2.38. The molecular formula is C17H19F3N2O2. The van der Waals surface area contributed by atoms with E-state index < -0.39 is 17.4 Å². The van der Waals surface area contributed by atoms with Gasteiger partial charge >= 0.3 is 11.9 Å². The lowest BCUT2D eigenvalue weighted by molar-refractivity contribution is -0.137. The summed E-state index contributed by atoms with van der Waals surface area (Å²) in [5.41, 5.74) is -1.43. The number of carbonyl (C=O) groups excluding carboxylic acids is 1. The first kappa shape index (κ1) is 18.0. The number of hydrogen-bond acceptors (Lipinski definition) is 2. The van der Waals surface area contributed by atoms with Gasteiger partial charge in [-0.15, -0.1) is 0 Å². The quantitative estimate of drug-likeness (QED) is 0.822. The Morgan fingerprint density at radius 1 is 1.21 bits per heavy atom. The summed E-state index contributed by atoms with van der Waals surface area (Å²) in [6.45, 7) is 4.08. The van der Waals surface area contributed by atoms with Crippen molar-refractivity contribution >= 4 is 5.91 Å². The summed E-state index contributed by atoms with van der Waals surface area (Å²) in [4.78, 5) is 24.4. The Morgan fingerprint density at radius 2 is 1.92 bits per heavy atom. The average molecular weight is 340 g/mol. The van der Waals surface area contributed by atoms with Crippen LogP contribution in [0.5, 0.6) is 0 Å². The van der Waals surface area contributed by atoms with Crippen molar-refractivity contribution in [1.29, 1.82) is 0 Å². The van der Waals surface area contributed by atoms with Gasteiger partial charge in [0.25, 0.3) is 0 Å². The monoisotopic (exact) mass is 340 g/mol. The van der Waals surface area contributed by atoms with Crippen molar-refractivity contribution in [3.8, 4) is 5.69 Å². The van der Waals surface area contributed by atoms with E-state index in [2.05, 4.69) is 0 Å². The molecule has 0 radical (unpaired) electrons. The lowest BCUT2D eigenvalue weighted by Gasteiger charge is -2.08. The van der Waals surface area contributed by atoms with Crippen LogP contribution in [0.15, 0.2) is 41.5 Å². The van der Waals surface area contributed by atoms with Gasteiger partial charge in [0.05, 0.1) is 11.3 Å². The molecule has 0 bridgehead atoms. The summed E-state index contributed by atoms with van der Waals surface area (Å²) in [5, 5.41) is 0. The second-order valence-corrected chi connectivity index (χ2v) is 6.05. The largest absolute Gasteiger partial charge is 0.416 e. The third-order valence-corrected chi connectivity index (χ3v) is 3.67. The number of rotatable bonds is 5. The molecule has 0 N–H and O–H groups in total. The summed E-state index contributed by atoms with van der Waals surface area (Å²) in [6.07, 6.45) is -0.134. The van der Waals surface area contributed by atoms with Crippen LogP contribution in [0, 0.1) is 5.92 Å². The molecule has 0 amide bonds. The van der Waals surface area contributed by atoms with Crippen molar-refractivity contribution in [3.05, 3.63) is 52.7 Å². The summed E-state index contributed by atoms with van der Waals surface area (Å²) < 4.78 is 40.3. The van der Waals surface area contributed by atoms with Gasteiger partial charge in [0.15, 0.2) is 0 Å². The van der Waals surface area contributed by atoms with Crippen molar-refractivity contribution in [2.45, 2.75) is 39.3 Å². The molecule has 0 aliphatic rings. The van der Waals surface area contributed by atoms with Crippen LogP contribution in [0.1, 0.15) is 43.5 Å². The summed E-state index contributed by atoms with van der Waals surface area (Å²) in [7, 11) is 0. The van der Waals surface area contributed by atoms with Gasteiger partial charge in [-0.1, -0.05) is 26.3 Å². The van der Waals surface area contributed by atoms with Crippen molar-refractivity contribution in [2.75, 3.05) is 0 Å². The highest BCUT2D eigenvalue weighted by Gasteiger charge is 2.30. The minimum absolute atomic E-state index is 0.0727. The second-order valence-electron chi connectivity index (χ2n) is 6.05. The fourth-order valence-electron chi connectivity index (χ4n) is 2.38. The van der Waals surface area contributed by atoms with E-state index >= 15 is 0 Å². The minimum Gasteiger partial charge on any atom is -0.274 e. The Hall–Kier alpha value is -2.31. The van der Waals surface area contributed by atoms with Gasteiger partial charge in [-0.2, -0.15) is 13.2 Å². The maximum absolute atomic E-state index is 12.8. The number of carbonyl (C=O) groups is 1. The van der Waals surface area contributed by atoms with Gasteiger partial charge in [0.2, 0.25) is 5.91 Å². The first-order chi connectivity index (χ1) is 11.2. The van der Waals surface area contributed by atoms with Gasteiger partial charge in [-0.05, 0) is 30.5 Å². The highest BCUT2D eigenvalue weighted by Crippen LogP contribution is 2.30. The van der Waals surface area contributed by atoms with Gasteiger partial charge in [0.1, 0.15) is 0 Å². The first-order valence-corrected chi connectivity index (χ1v) is 7.71. The van der Waals surface area contributed by atoms with Crippen molar-refractivity contribution in [1.82, 2.24) is 9.13 Å². The lowest BCUT2D eigenvalue weighted by Crippen LogP contribution is -2.28. The molecule has 0 saturated heterocycles. The van der Waals surface area contributed by atoms with Crippen molar-refractivity contribution in [3.63, 3.8) is 0 Å². The molecular weight excluding hydrogens is 321 g/mol. The van der Waals surface area contributed by atoms with Gasteiger partial charge in [-0.25, -0.2) is 9.36 Å². The molecule has 0 atom stereocenters. The zero-order valence-electron chi connectivity index (χ0n) is 13.5. The number of hydrogen-bond donors (Lipinski definition) is 0. The highest BCUT2D eigenvalue weighted by molar-refractivity contribution is 5.78. The van der Waals surface area contributed by atoms with Gasteiger partial charge in [-0.3, -0.25) is 9.36 Å². The summed E-state index contributed by atoms with van der Waals surface area (Å²) >= 11 is 0. The summed E-state index contributed by atoms with van der Waals surface area (Å²) in [6, 6.07) is 4.44. The maximum Gasteiger partial charge on any atom is 0.416 e. The maximum atomic E-state index is 12.8. The van der Waals surface area contributed by atoms with Crippen LogP contribution in [0.25, 0.3) is 5.69 Å². The number of benzene rings is 1. The zero-order valence-corrected chi connectivity index (χ0v) is 13.5. The van der Waals surface area contributed by atoms with Crippen LogP contribution in [0.4, 0.5) is 13.2 Å². The van der Waals surface area contributed by atoms with Crippen molar-refractivity contribution in [2.24, 2.45) is 5.92 Å². The van der Waals surface area contributed by atoms with E-state index in [1.54, 1.807) is 0 Å². The number of imidazole rings is 1. The number of alkyl halides is 3. The average Bonchev–Trinajstić information content (AvgIpc) is 2.88. The molecule has 2 aromatic rings. The smallest absolute Gasteiger partial charge is 0.274 e. The summed E-state index contributed by atoms with van der Waals surface area (Å²) in [5.74, 6) is 0.107. The first-order valence-electron chi connectivity index (χ1n) is 7.71. The van der Waals surface area contributed by atoms with E-state index in [0.717, 1.165) is 27.7 Å². The van der Waals surface area contributed by atoms with E-state index in [0.29, 0.717) is 12.3 Å². The molecule has 2 rings (SSSR count). The third kappa shape index (κ3) is 4.15. The Morgan fingerprint density at radius 3 is 2.54 bits per heavy atom. The molecule has 4 nitrogen and oxygen atoms in total. The molecule has 0 aliphatic carbocycles. The topological polar surface area (TPSA) is 44.0 Å². The number of aromatic nitrogens is 2. The minimum atomic E-state index is -4.49. The van der Waals surface area contributed by atoms with Gasteiger partial charge < -0.3 is 0 Å². The molecule has 24 heavy (non-hydrogen) atoms. The molecule has 0 fully saturated rings. The molecule has 7 heteroatoms. The third-order valence-electron chi connectivity index (χ3n) is 3.67. The number of nitrogens with zero attached hydrogens (tertiary/aromatic N) is 2. The molecule has 0 unspecified atom stereocenters. The predicted molar refractivity (Wildman–Crippen MR) is 84.3 cm³/mol. The Kier molecular flexibility index (Phi) is 5.31. The Balaban J connectivity index is 2.24. The molecule has 130 valence electrons. The fraction of sp³-hybridized carbons (Fsp3) is 0.412. The molecule has 1 aromatic heterocycles. The van der Waals surface area contributed by atoms with Crippen LogP contribution in [-0.2, 0) is 6.18 Å². The van der Waals surface area contributed by atoms with E-state index in [4.69, 9.17) is 0 Å². The molecule has 0 spiro atoms.